The van der Waals surface area contributed by atoms with Crippen LogP contribution in [0.25, 0.3) is 0 Å². The number of hydrogen-bond acceptors (Lipinski definition) is 4. The summed E-state index contributed by atoms with van der Waals surface area (Å²) in [6, 6.07) is 0. The molecule has 2 aliphatic rings. The molecule has 0 bridgehead atoms. The number of nitrogens with zero attached hydrogens (tertiary/aromatic N) is 3. The van der Waals surface area contributed by atoms with E-state index in [0.29, 0.717) is 50.9 Å². The monoisotopic (exact) mass is 295 g/mol. The van der Waals surface area contributed by atoms with Crippen LogP contribution >= 0.6 is 0 Å². The molecule has 1 saturated heterocycles. The summed E-state index contributed by atoms with van der Waals surface area (Å²) in [5.74, 6) is -1.05. The first-order valence-electron chi connectivity index (χ1n) is 7.26. The molecular weight excluding hydrogens is 274 g/mol. The second kappa shape index (κ2) is 5.83. The Labute approximate surface area is 123 Å². The van der Waals surface area contributed by atoms with Gasteiger partial charge in [-0.15, -0.1) is 0 Å². The molecule has 0 saturated carbocycles. The zero-order chi connectivity index (χ0) is 15.6. The summed E-state index contributed by atoms with van der Waals surface area (Å²) in [4.78, 5) is 36.8. The molecule has 7 nitrogen and oxygen atoms in total. The fraction of sp³-hybridized carbons (Fsp3) is 0.714. The van der Waals surface area contributed by atoms with E-state index < -0.39 is 11.4 Å². The smallest absolute Gasteiger partial charge is 0.309 e. The Morgan fingerprint density at radius 3 is 2.38 bits per heavy atom. The number of rotatable bonds is 3. The number of carboxylic acid groups (broad SMARTS) is 1. The molecule has 7 heteroatoms. The van der Waals surface area contributed by atoms with Crippen LogP contribution in [0.1, 0.15) is 39.0 Å². The molecule has 0 aromatic rings. The molecule has 0 aromatic carbocycles. The van der Waals surface area contributed by atoms with Crippen molar-refractivity contribution in [2.45, 2.75) is 39.0 Å². The molecule has 0 aromatic heterocycles. The maximum Gasteiger partial charge on any atom is 0.309 e. The van der Waals surface area contributed by atoms with Gasteiger partial charge in [0.25, 0.3) is 5.91 Å². The van der Waals surface area contributed by atoms with Gasteiger partial charge >= 0.3 is 5.97 Å². The Balaban J connectivity index is 2.02. The van der Waals surface area contributed by atoms with E-state index in [4.69, 9.17) is 0 Å². The van der Waals surface area contributed by atoms with Crippen molar-refractivity contribution >= 4 is 23.5 Å². The summed E-state index contributed by atoms with van der Waals surface area (Å²) in [5.41, 5.74) is -0.325. The Kier molecular flexibility index (Phi) is 4.29. The van der Waals surface area contributed by atoms with Crippen LogP contribution in [0.4, 0.5) is 0 Å². The summed E-state index contributed by atoms with van der Waals surface area (Å²) < 4.78 is 0. The predicted octanol–water partition coefficient (Wildman–Crippen LogP) is 0.698. The minimum atomic E-state index is -0.780. The van der Waals surface area contributed by atoms with E-state index in [1.54, 1.807) is 4.90 Å². The molecular formula is C14H21N3O4. The van der Waals surface area contributed by atoms with Crippen LogP contribution in [-0.2, 0) is 14.4 Å². The van der Waals surface area contributed by atoms with Crippen molar-refractivity contribution in [1.29, 1.82) is 0 Å². The van der Waals surface area contributed by atoms with Crippen LogP contribution in [0, 0.1) is 5.41 Å². The number of hydrazone groups is 1. The highest BCUT2D eigenvalue weighted by molar-refractivity contribution is 6.39. The third kappa shape index (κ3) is 2.91. The summed E-state index contributed by atoms with van der Waals surface area (Å²) in [7, 11) is 1.54. The summed E-state index contributed by atoms with van der Waals surface area (Å²) >= 11 is 0. The quantitative estimate of drug-likeness (QED) is 0.829. The van der Waals surface area contributed by atoms with E-state index in [9.17, 15) is 19.5 Å². The predicted molar refractivity (Wildman–Crippen MR) is 75.6 cm³/mol. The summed E-state index contributed by atoms with van der Waals surface area (Å²) in [5, 5.41) is 14.6. The Bertz CT molecular complexity index is 492. The first-order chi connectivity index (χ1) is 9.89. The van der Waals surface area contributed by atoms with Gasteiger partial charge in [-0.3, -0.25) is 14.4 Å². The molecule has 2 rings (SSSR count). The fourth-order valence-electron chi connectivity index (χ4n) is 2.86. The molecule has 1 N–H and O–H groups in total. The van der Waals surface area contributed by atoms with Gasteiger partial charge in [0, 0.05) is 33.0 Å². The molecule has 116 valence electrons. The average molecular weight is 295 g/mol. The molecule has 1 fully saturated rings. The maximum atomic E-state index is 12.4. The highest BCUT2D eigenvalue weighted by Gasteiger charge is 2.41. The first kappa shape index (κ1) is 15.5. The second-order valence-electron chi connectivity index (χ2n) is 5.70. The van der Waals surface area contributed by atoms with E-state index in [-0.39, 0.29) is 11.8 Å². The largest absolute Gasteiger partial charge is 0.481 e. The lowest BCUT2D eigenvalue weighted by molar-refractivity contribution is -0.153. The number of carboxylic acids is 1. The van der Waals surface area contributed by atoms with Gasteiger partial charge in [0.15, 0.2) is 0 Å². The van der Waals surface area contributed by atoms with E-state index >= 15 is 0 Å². The summed E-state index contributed by atoms with van der Waals surface area (Å²) in [6.45, 7) is 2.72. The van der Waals surface area contributed by atoms with Crippen LogP contribution in [0.3, 0.4) is 0 Å². The topological polar surface area (TPSA) is 90.3 Å². The van der Waals surface area contributed by atoms with Crippen molar-refractivity contribution in [2.24, 2.45) is 10.5 Å². The number of piperidine rings is 1. The third-order valence-electron chi connectivity index (χ3n) is 4.59. The van der Waals surface area contributed by atoms with Gasteiger partial charge in [0.1, 0.15) is 5.71 Å². The van der Waals surface area contributed by atoms with Crippen molar-refractivity contribution in [1.82, 2.24) is 9.91 Å². The lowest BCUT2D eigenvalue weighted by Gasteiger charge is -2.38. The van der Waals surface area contributed by atoms with Crippen LogP contribution in [0.2, 0.25) is 0 Å². The van der Waals surface area contributed by atoms with Gasteiger partial charge in [-0.25, -0.2) is 5.01 Å². The van der Waals surface area contributed by atoms with E-state index in [2.05, 4.69) is 5.10 Å². The van der Waals surface area contributed by atoms with Crippen molar-refractivity contribution < 1.29 is 19.5 Å². The lowest BCUT2D eigenvalue weighted by atomic mass is 9.76. The molecule has 2 amide bonds. The van der Waals surface area contributed by atoms with Gasteiger partial charge in [-0.2, -0.15) is 5.10 Å². The maximum absolute atomic E-state index is 12.4. The molecule has 2 heterocycles. The van der Waals surface area contributed by atoms with E-state index in [0.717, 1.165) is 0 Å². The van der Waals surface area contributed by atoms with E-state index in [1.165, 1.54) is 12.1 Å². The third-order valence-corrected chi connectivity index (χ3v) is 4.59. The standard InChI is InChI=1S/C14H21N3O4/c1-3-14(13(20)21)6-8-17(9-7-14)12(19)10-4-5-11(18)16(2)15-10/h3-9H2,1-2H3,(H,20,21). The zero-order valence-electron chi connectivity index (χ0n) is 12.5. The highest BCUT2D eigenvalue weighted by Crippen LogP contribution is 2.35. The van der Waals surface area contributed by atoms with Crippen molar-refractivity contribution in [3.05, 3.63) is 0 Å². The minimum absolute atomic E-state index is 0.0962. The van der Waals surface area contributed by atoms with Gasteiger partial charge in [0.2, 0.25) is 5.91 Å². The molecule has 0 atom stereocenters. The number of hydrogen-bond donors (Lipinski definition) is 1. The highest BCUT2D eigenvalue weighted by atomic mass is 16.4. The number of carbonyl (C=O) groups is 3. The molecule has 0 spiro atoms. The van der Waals surface area contributed by atoms with Crippen molar-refractivity contribution in [3.8, 4) is 0 Å². The van der Waals surface area contributed by atoms with Gasteiger partial charge in [0.05, 0.1) is 5.41 Å². The average Bonchev–Trinajstić information content (AvgIpc) is 2.49. The van der Waals surface area contributed by atoms with Gasteiger partial charge in [-0.1, -0.05) is 6.92 Å². The Hall–Kier alpha value is -1.92. The normalized spacial score (nSPS) is 22.0. The number of likely N-dealkylation sites (tertiary alicyclic amines) is 1. The minimum Gasteiger partial charge on any atom is -0.481 e. The second-order valence-corrected chi connectivity index (χ2v) is 5.70. The number of aliphatic carboxylic acids is 1. The molecule has 2 aliphatic heterocycles. The Morgan fingerprint density at radius 2 is 1.90 bits per heavy atom. The van der Waals surface area contributed by atoms with Crippen molar-refractivity contribution in [2.75, 3.05) is 20.1 Å². The Morgan fingerprint density at radius 1 is 1.29 bits per heavy atom. The first-order valence-corrected chi connectivity index (χ1v) is 7.26. The van der Waals surface area contributed by atoms with Crippen LogP contribution in [0.5, 0.6) is 0 Å². The van der Waals surface area contributed by atoms with E-state index in [1.807, 2.05) is 6.92 Å². The summed E-state index contributed by atoms with van der Waals surface area (Å²) in [6.07, 6.45) is 2.15. The number of amides is 2. The van der Waals surface area contributed by atoms with Crippen LogP contribution in [0.15, 0.2) is 5.10 Å². The number of carbonyl (C=O) groups excluding carboxylic acids is 2. The van der Waals surface area contributed by atoms with Gasteiger partial charge in [-0.05, 0) is 19.3 Å². The zero-order valence-corrected chi connectivity index (χ0v) is 12.5. The molecule has 21 heavy (non-hydrogen) atoms. The van der Waals surface area contributed by atoms with Crippen LogP contribution in [-0.4, -0.2) is 58.6 Å². The van der Waals surface area contributed by atoms with Crippen molar-refractivity contribution in [3.63, 3.8) is 0 Å². The molecule has 0 aliphatic carbocycles. The van der Waals surface area contributed by atoms with Crippen LogP contribution < -0.4 is 0 Å². The SMILES string of the molecule is CCC1(C(=O)O)CCN(C(=O)C2=NN(C)C(=O)CC2)CC1. The van der Waals surface area contributed by atoms with Gasteiger partial charge < -0.3 is 10.0 Å². The fourth-order valence-corrected chi connectivity index (χ4v) is 2.86. The molecule has 0 unspecified atom stereocenters. The lowest BCUT2D eigenvalue weighted by Crippen LogP contribution is -2.49. The molecule has 0 radical (unpaired) electrons.